The minimum atomic E-state index is -3.05. The number of benzene rings is 1. The Morgan fingerprint density at radius 3 is 2.61 bits per heavy atom. The maximum Gasteiger partial charge on any atom is 0.152 e. The summed E-state index contributed by atoms with van der Waals surface area (Å²) < 4.78 is 36.6. The highest BCUT2D eigenvalue weighted by Gasteiger charge is 2.34. The van der Waals surface area contributed by atoms with E-state index >= 15 is 0 Å². The Bertz CT molecular complexity index is 522. The Morgan fingerprint density at radius 1 is 1.28 bits per heavy atom. The summed E-state index contributed by atoms with van der Waals surface area (Å²) in [7, 11) is -3.05. The lowest BCUT2D eigenvalue weighted by Crippen LogP contribution is -2.34. The van der Waals surface area contributed by atoms with E-state index in [2.05, 4.69) is 5.32 Å². The van der Waals surface area contributed by atoms with Gasteiger partial charge in [0.25, 0.3) is 0 Å². The molecule has 1 aromatic rings. The van der Waals surface area contributed by atoms with Crippen molar-refractivity contribution >= 4 is 15.5 Å². The molecule has 0 spiro atoms. The fourth-order valence-electron chi connectivity index (χ4n) is 2.64. The molecule has 1 aliphatic rings. The van der Waals surface area contributed by atoms with Crippen LogP contribution in [-0.2, 0) is 9.84 Å². The average Bonchev–Trinajstić information content (AvgIpc) is 2.63. The van der Waals surface area contributed by atoms with E-state index in [9.17, 15) is 12.8 Å². The van der Waals surface area contributed by atoms with Crippen molar-refractivity contribution in [2.75, 3.05) is 11.6 Å². The molecule has 100 valence electrons. The number of rotatable bonds is 3. The molecule has 2 unspecified atom stereocenters. The predicted octanol–water partition coefficient (Wildman–Crippen LogP) is 2.51. The van der Waals surface area contributed by atoms with Gasteiger partial charge in [0.15, 0.2) is 9.84 Å². The summed E-state index contributed by atoms with van der Waals surface area (Å²) in [6, 6.07) is 4.58. The standard InChI is InChI=1S/C13H18FNO2S/c1-9-6-10(14)8-11(7-9)15-12-4-3-5-13(12)18(2,16)17/h6-8,12-13,15H,3-5H2,1-2H3. The van der Waals surface area contributed by atoms with Gasteiger partial charge in [0.1, 0.15) is 5.82 Å². The molecule has 0 aromatic heterocycles. The van der Waals surface area contributed by atoms with Crippen molar-refractivity contribution in [3.63, 3.8) is 0 Å². The summed E-state index contributed by atoms with van der Waals surface area (Å²) in [6.45, 7) is 1.82. The molecular weight excluding hydrogens is 253 g/mol. The van der Waals surface area contributed by atoms with Crippen LogP contribution in [0.25, 0.3) is 0 Å². The number of hydrogen-bond acceptors (Lipinski definition) is 3. The van der Waals surface area contributed by atoms with Crippen molar-refractivity contribution in [3.8, 4) is 0 Å². The Hall–Kier alpha value is -1.10. The normalized spacial score (nSPS) is 24.2. The van der Waals surface area contributed by atoms with E-state index in [-0.39, 0.29) is 17.1 Å². The second kappa shape index (κ2) is 4.88. The number of anilines is 1. The van der Waals surface area contributed by atoms with E-state index in [0.29, 0.717) is 12.1 Å². The molecule has 0 bridgehead atoms. The lowest BCUT2D eigenvalue weighted by atomic mass is 10.2. The summed E-state index contributed by atoms with van der Waals surface area (Å²) in [5.41, 5.74) is 1.49. The molecule has 18 heavy (non-hydrogen) atoms. The van der Waals surface area contributed by atoms with Crippen molar-refractivity contribution in [2.24, 2.45) is 0 Å². The number of nitrogens with one attached hydrogen (secondary N) is 1. The molecule has 1 fully saturated rings. The third-order valence-corrected chi connectivity index (χ3v) is 5.06. The van der Waals surface area contributed by atoms with Crippen LogP contribution in [0.2, 0.25) is 0 Å². The zero-order valence-corrected chi connectivity index (χ0v) is 11.4. The van der Waals surface area contributed by atoms with Crippen LogP contribution in [0.3, 0.4) is 0 Å². The largest absolute Gasteiger partial charge is 0.381 e. The number of aryl methyl sites for hydroxylation is 1. The first-order chi connectivity index (χ1) is 8.36. The molecular formula is C13H18FNO2S. The van der Waals surface area contributed by atoms with Gasteiger partial charge >= 0.3 is 0 Å². The smallest absolute Gasteiger partial charge is 0.152 e. The van der Waals surface area contributed by atoms with E-state index in [4.69, 9.17) is 0 Å². The van der Waals surface area contributed by atoms with Gasteiger partial charge in [-0.2, -0.15) is 0 Å². The van der Waals surface area contributed by atoms with E-state index in [1.807, 2.05) is 13.0 Å². The average molecular weight is 271 g/mol. The Morgan fingerprint density at radius 2 is 2.00 bits per heavy atom. The second-order valence-electron chi connectivity index (χ2n) is 5.07. The van der Waals surface area contributed by atoms with Gasteiger partial charge in [-0.3, -0.25) is 0 Å². The molecule has 0 aliphatic heterocycles. The van der Waals surface area contributed by atoms with Gasteiger partial charge in [-0.15, -0.1) is 0 Å². The highest BCUT2D eigenvalue weighted by molar-refractivity contribution is 7.91. The Balaban J connectivity index is 2.18. The van der Waals surface area contributed by atoms with Crippen LogP contribution in [0, 0.1) is 12.7 Å². The molecule has 0 radical (unpaired) electrons. The maximum atomic E-state index is 13.3. The summed E-state index contributed by atoms with van der Waals surface area (Å²) in [5, 5.41) is 2.80. The first-order valence-electron chi connectivity index (χ1n) is 6.09. The first-order valence-corrected chi connectivity index (χ1v) is 8.04. The molecule has 5 heteroatoms. The van der Waals surface area contributed by atoms with Crippen LogP contribution in [-0.4, -0.2) is 26.0 Å². The fraction of sp³-hybridized carbons (Fsp3) is 0.538. The summed E-state index contributed by atoms with van der Waals surface area (Å²) in [5.74, 6) is -0.300. The summed E-state index contributed by atoms with van der Waals surface area (Å²) in [4.78, 5) is 0. The topological polar surface area (TPSA) is 46.2 Å². The summed E-state index contributed by atoms with van der Waals surface area (Å²) >= 11 is 0. The quantitative estimate of drug-likeness (QED) is 0.919. The monoisotopic (exact) mass is 271 g/mol. The molecule has 2 atom stereocenters. The lowest BCUT2D eigenvalue weighted by Gasteiger charge is -2.21. The van der Waals surface area contributed by atoms with E-state index in [1.165, 1.54) is 18.4 Å². The molecule has 1 N–H and O–H groups in total. The summed E-state index contributed by atoms with van der Waals surface area (Å²) in [6.07, 6.45) is 3.66. The molecule has 1 aromatic carbocycles. The minimum absolute atomic E-state index is 0.110. The van der Waals surface area contributed by atoms with E-state index in [0.717, 1.165) is 18.4 Å². The van der Waals surface area contributed by atoms with Gasteiger partial charge in [-0.05, 0) is 49.9 Å². The van der Waals surface area contributed by atoms with Crippen LogP contribution < -0.4 is 5.32 Å². The van der Waals surface area contributed by atoms with Crippen molar-refractivity contribution in [3.05, 3.63) is 29.6 Å². The van der Waals surface area contributed by atoms with E-state index in [1.54, 1.807) is 0 Å². The minimum Gasteiger partial charge on any atom is -0.381 e. The molecule has 0 amide bonds. The van der Waals surface area contributed by atoms with Crippen LogP contribution >= 0.6 is 0 Å². The maximum absolute atomic E-state index is 13.3. The lowest BCUT2D eigenvalue weighted by molar-refractivity contribution is 0.579. The highest BCUT2D eigenvalue weighted by atomic mass is 32.2. The van der Waals surface area contributed by atoms with Crippen LogP contribution in [0.15, 0.2) is 18.2 Å². The molecule has 1 aliphatic carbocycles. The zero-order chi connectivity index (χ0) is 13.3. The van der Waals surface area contributed by atoms with Gasteiger partial charge < -0.3 is 5.32 Å². The van der Waals surface area contributed by atoms with E-state index < -0.39 is 9.84 Å². The number of halogens is 1. The van der Waals surface area contributed by atoms with Gasteiger partial charge in [0.05, 0.1) is 5.25 Å². The fourth-order valence-corrected chi connectivity index (χ4v) is 4.03. The van der Waals surface area contributed by atoms with Crippen molar-refractivity contribution in [2.45, 2.75) is 37.5 Å². The molecule has 1 saturated carbocycles. The molecule has 0 saturated heterocycles. The molecule has 2 rings (SSSR count). The van der Waals surface area contributed by atoms with Gasteiger partial charge in [-0.25, -0.2) is 12.8 Å². The molecule has 3 nitrogen and oxygen atoms in total. The van der Waals surface area contributed by atoms with Crippen molar-refractivity contribution < 1.29 is 12.8 Å². The van der Waals surface area contributed by atoms with Gasteiger partial charge in [0, 0.05) is 18.0 Å². The van der Waals surface area contributed by atoms with Crippen LogP contribution in [0.5, 0.6) is 0 Å². The van der Waals surface area contributed by atoms with Crippen molar-refractivity contribution in [1.29, 1.82) is 0 Å². The van der Waals surface area contributed by atoms with Gasteiger partial charge in [0.2, 0.25) is 0 Å². The second-order valence-corrected chi connectivity index (χ2v) is 7.33. The number of hydrogen-bond donors (Lipinski definition) is 1. The predicted molar refractivity (Wildman–Crippen MR) is 71.0 cm³/mol. The SMILES string of the molecule is Cc1cc(F)cc(NC2CCCC2S(C)(=O)=O)c1. The van der Waals surface area contributed by atoms with Gasteiger partial charge in [-0.1, -0.05) is 0 Å². The van der Waals surface area contributed by atoms with Crippen molar-refractivity contribution in [1.82, 2.24) is 0 Å². The Kier molecular flexibility index (Phi) is 3.61. The number of sulfone groups is 1. The third kappa shape index (κ3) is 3.02. The zero-order valence-electron chi connectivity index (χ0n) is 10.6. The Labute approximate surface area is 107 Å². The third-order valence-electron chi connectivity index (χ3n) is 3.40. The van der Waals surface area contributed by atoms with Crippen LogP contribution in [0.4, 0.5) is 10.1 Å². The first kappa shape index (κ1) is 13.3. The highest BCUT2D eigenvalue weighted by Crippen LogP contribution is 2.28. The molecule has 0 heterocycles. The van der Waals surface area contributed by atoms with Crippen LogP contribution in [0.1, 0.15) is 24.8 Å².